The van der Waals surface area contributed by atoms with E-state index in [-0.39, 0.29) is 5.92 Å². The van der Waals surface area contributed by atoms with Crippen molar-refractivity contribution < 1.29 is 24.2 Å². The maximum absolute atomic E-state index is 12.6. The molecule has 1 N–H and O–H groups in total. The number of alkyl carbamates (subject to hydrolysis) is 1. The van der Waals surface area contributed by atoms with Crippen LogP contribution in [0.4, 0.5) is 4.79 Å². The third-order valence-electron chi connectivity index (χ3n) is 3.41. The highest BCUT2D eigenvalue weighted by Crippen LogP contribution is 2.20. The molecule has 7 nitrogen and oxygen atoms in total. The lowest BCUT2D eigenvalue weighted by Crippen LogP contribution is -2.56. The molecule has 0 radical (unpaired) electrons. The fraction of sp³-hybridized carbons (Fsp3) is 0.800. The van der Waals surface area contributed by atoms with Gasteiger partial charge in [-0.1, -0.05) is 13.8 Å². The lowest BCUT2D eigenvalue weighted by atomic mass is 10.0. The number of hydrogen-bond donors (Lipinski definition) is 1. The Morgan fingerprint density at radius 3 is 2.32 bits per heavy atom. The highest BCUT2D eigenvalue weighted by atomic mass is 16.6. The van der Waals surface area contributed by atoms with Crippen LogP contribution in [0.3, 0.4) is 0 Å². The minimum absolute atomic E-state index is 0.192. The molecule has 0 bridgehead atoms. The van der Waals surface area contributed by atoms with Crippen LogP contribution in [-0.4, -0.2) is 47.1 Å². The van der Waals surface area contributed by atoms with Gasteiger partial charge in [-0.15, -0.1) is 0 Å². The number of nitrogens with one attached hydrogen (secondary N) is 1. The van der Waals surface area contributed by atoms with Crippen molar-refractivity contribution in [2.24, 2.45) is 5.92 Å². The molecule has 1 aliphatic rings. The fourth-order valence-electron chi connectivity index (χ4n) is 2.40. The summed E-state index contributed by atoms with van der Waals surface area (Å²) < 4.78 is 5.16. The van der Waals surface area contributed by atoms with Gasteiger partial charge in [-0.05, 0) is 39.5 Å². The molecule has 0 aromatic carbocycles. The highest BCUT2D eigenvalue weighted by molar-refractivity contribution is 5.89. The summed E-state index contributed by atoms with van der Waals surface area (Å²) in [4.78, 5) is 36.8. The van der Waals surface area contributed by atoms with Crippen molar-refractivity contribution in [1.29, 1.82) is 0 Å². The van der Waals surface area contributed by atoms with Gasteiger partial charge in [0.1, 0.15) is 11.6 Å². The molecule has 1 saturated heterocycles. The van der Waals surface area contributed by atoms with Crippen molar-refractivity contribution in [3.8, 4) is 0 Å². The SMILES string of the molecule is CC(C)[C@H](NC(=O)OC(C)(C)C)C(=O)N1CCC[C@H]1C(=O)[O-]. The van der Waals surface area contributed by atoms with E-state index in [0.29, 0.717) is 19.4 Å². The van der Waals surface area contributed by atoms with E-state index in [1.165, 1.54) is 4.90 Å². The number of nitrogens with zero attached hydrogens (tertiary/aromatic N) is 1. The lowest BCUT2D eigenvalue weighted by molar-refractivity contribution is -0.310. The van der Waals surface area contributed by atoms with Crippen molar-refractivity contribution in [2.75, 3.05) is 6.54 Å². The number of carboxylic acids is 1. The molecule has 22 heavy (non-hydrogen) atoms. The number of aliphatic carboxylic acids is 1. The molecular weight excluding hydrogens is 288 g/mol. The van der Waals surface area contributed by atoms with Gasteiger partial charge in [0.05, 0.1) is 12.0 Å². The second-order valence-corrected chi connectivity index (χ2v) is 6.88. The summed E-state index contributed by atoms with van der Waals surface area (Å²) in [7, 11) is 0. The van der Waals surface area contributed by atoms with Crippen LogP contribution in [0.2, 0.25) is 0 Å². The van der Waals surface area contributed by atoms with Crippen LogP contribution in [-0.2, 0) is 14.3 Å². The number of carbonyl (C=O) groups is 3. The van der Waals surface area contributed by atoms with Crippen molar-refractivity contribution in [3.05, 3.63) is 0 Å². The van der Waals surface area contributed by atoms with Crippen LogP contribution in [0.15, 0.2) is 0 Å². The Hall–Kier alpha value is -1.79. The summed E-state index contributed by atoms with van der Waals surface area (Å²) in [5.41, 5.74) is -0.671. The highest BCUT2D eigenvalue weighted by Gasteiger charge is 2.36. The average molecular weight is 313 g/mol. The Bertz CT molecular complexity index is 442. The monoisotopic (exact) mass is 313 g/mol. The number of carbonyl (C=O) groups excluding carboxylic acids is 3. The van der Waals surface area contributed by atoms with E-state index in [2.05, 4.69) is 5.32 Å². The summed E-state index contributed by atoms with van der Waals surface area (Å²) in [6, 6.07) is -1.75. The molecule has 0 aromatic heterocycles. The van der Waals surface area contributed by atoms with E-state index in [1.54, 1.807) is 34.6 Å². The molecule has 7 heteroatoms. The van der Waals surface area contributed by atoms with Gasteiger partial charge in [0, 0.05) is 6.54 Å². The summed E-state index contributed by atoms with van der Waals surface area (Å²) in [6.45, 7) is 9.10. The maximum atomic E-state index is 12.6. The zero-order valence-corrected chi connectivity index (χ0v) is 13.8. The van der Waals surface area contributed by atoms with Crippen LogP contribution in [0, 0.1) is 5.92 Å². The molecule has 1 fully saturated rings. The number of rotatable bonds is 4. The van der Waals surface area contributed by atoms with Crippen LogP contribution in [0.25, 0.3) is 0 Å². The first kappa shape index (κ1) is 18.3. The fourth-order valence-corrected chi connectivity index (χ4v) is 2.40. The molecular formula is C15H25N2O5-. The lowest BCUT2D eigenvalue weighted by Gasteiger charge is -2.32. The van der Waals surface area contributed by atoms with Crippen LogP contribution in [0.1, 0.15) is 47.5 Å². The van der Waals surface area contributed by atoms with E-state index in [4.69, 9.17) is 4.74 Å². The Kier molecular flexibility index (Phi) is 5.79. The Morgan fingerprint density at radius 2 is 1.86 bits per heavy atom. The standard InChI is InChI=1S/C15H26N2O5/c1-9(2)11(16-14(21)22-15(3,4)5)12(18)17-8-6-7-10(17)13(19)20/h9-11H,6-8H2,1-5H3,(H,16,21)(H,19,20)/p-1/t10-,11-/m0/s1. The molecule has 1 aliphatic heterocycles. The van der Waals surface area contributed by atoms with Gasteiger partial charge in [-0.3, -0.25) is 4.79 Å². The second kappa shape index (κ2) is 6.98. The molecule has 2 atom stereocenters. The first-order chi connectivity index (χ1) is 10.0. The van der Waals surface area contributed by atoms with Gasteiger partial charge in [0.25, 0.3) is 0 Å². The number of likely N-dealkylation sites (tertiary alicyclic amines) is 1. The van der Waals surface area contributed by atoms with Gasteiger partial charge in [-0.2, -0.15) is 0 Å². The minimum Gasteiger partial charge on any atom is -0.548 e. The Labute approximate surface area is 131 Å². The van der Waals surface area contributed by atoms with Crippen molar-refractivity contribution >= 4 is 18.0 Å². The minimum atomic E-state index is -1.26. The second-order valence-electron chi connectivity index (χ2n) is 6.88. The van der Waals surface area contributed by atoms with Crippen LogP contribution < -0.4 is 10.4 Å². The topological polar surface area (TPSA) is 98.8 Å². The van der Waals surface area contributed by atoms with Gasteiger partial charge in [0.2, 0.25) is 5.91 Å². The van der Waals surface area contributed by atoms with Crippen LogP contribution >= 0.6 is 0 Å². The Morgan fingerprint density at radius 1 is 1.27 bits per heavy atom. The predicted octanol–water partition coefficient (Wildman–Crippen LogP) is 0.277. The predicted molar refractivity (Wildman–Crippen MR) is 77.7 cm³/mol. The van der Waals surface area contributed by atoms with E-state index in [0.717, 1.165) is 0 Å². The Balaban J connectivity index is 2.80. The molecule has 0 spiro atoms. The zero-order valence-electron chi connectivity index (χ0n) is 13.8. The van der Waals surface area contributed by atoms with Gasteiger partial charge < -0.3 is 24.9 Å². The average Bonchev–Trinajstić information content (AvgIpc) is 2.81. The summed E-state index contributed by atoms with van der Waals surface area (Å²) in [5, 5.41) is 13.6. The molecule has 0 unspecified atom stereocenters. The third kappa shape index (κ3) is 4.89. The summed E-state index contributed by atoms with van der Waals surface area (Å²) in [6.07, 6.45) is 0.302. The number of carboxylic acid groups (broad SMARTS) is 1. The molecule has 1 heterocycles. The van der Waals surface area contributed by atoms with Crippen molar-refractivity contribution in [2.45, 2.75) is 65.1 Å². The quantitative estimate of drug-likeness (QED) is 0.803. The number of hydrogen-bond acceptors (Lipinski definition) is 5. The maximum Gasteiger partial charge on any atom is 0.408 e. The number of ether oxygens (including phenoxy) is 1. The van der Waals surface area contributed by atoms with Crippen molar-refractivity contribution in [3.63, 3.8) is 0 Å². The molecule has 0 aliphatic carbocycles. The molecule has 126 valence electrons. The molecule has 0 saturated carbocycles. The zero-order chi connectivity index (χ0) is 17.1. The number of amides is 2. The van der Waals surface area contributed by atoms with E-state index >= 15 is 0 Å². The van der Waals surface area contributed by atoms with E-state index in [9.17, 15) is 19.5 Å². The van der Waals surface area contributed by atoms with Gasteiger partial charge in [0.15, 0.2) is 0 Å². The van der Waals surface area contributed by atoms with Crippen molar-refractivity contribution in [1.82, 2.24) is 10.2 Å². The first-order valence-electron chi connectivity index (χ1n) is 7.54. The third-order valence-corrected chi connectivity index (χ3v) is 3.41. The molecule has 0 aromatic rings. The largest absolute Gasteiger partial charge is 0.548 e. The van der Waals surface area contributed by atoms with Crippen LogP contribution in [0.5, 0.6) is 0 Å². The molecule has 2 amide bonds. The smallest absolute Gasteiger partial charge is 0.408 e. The van der Waals surface area contributed by atoms with E-state index in [1.807, 2.05) is 0 Å². The van der Waals surface area contributed by atoms with Gasteiger partial charge >= 0.3 is 6.09 Å². The first-order valence-corrected chi connectivity index (χ1v) is 7.54. The summed E-state index contributed by atoms with van der Waals surface area (Å²) >= 11 is 0. The summed E-state index contributed by atoms with van der Waals surface area (Å²) in [5.74, 6) is -1.86. The normalized spacial score (nSPS) is 19.9. The van der Waals surface area contributed by atoms with E-state index < -0.39 is 35.7 Å². The molecule has 1 rings (SSSR count). The van der Waals surface area contributed by atoms with Gasteiger partial charge in [-0.25, -0.2) is 4.79 Å².